The molecule has 7 nitrogen and oxygen atoms in total. The first-order chi connectivity index (χ1) is 12.0. The zero-order valence-corrected chi connectivity index (χ0v) is 14.7. The van der Waals surface area contributed by atoms with Crippen molar-refractivity contribution in [2.24, 2.45) is 0 Å². The number of sulfonamides is 1. The monoisotopic (exact) mass is 358 g/mol. The molecule has 0 unspecified atom stereocenters. The lowest BCUT2D eigenvalue weighted by Gasteiger charge is -2.10. The van der Waals surface area contributed by atoms with Gasteiger partial charge in [-0.3, -0.25) is 9.71 Å². The van der Waals surface area contributed by atoms with Gasteiger partial charge >= 0.3 is 0 Å². The van der Waals surface area contributed by atoms with Crippen LogP contribution in [0.3, 0.4) is 0 Å². The normalized spacial score (nSPS) is 11.3. The van der Waals surface area contributed by atoms with Crippen LogP contribution < -0.4 is 10.0 Å². The molecule has 0 saturated carbocycles. The van der Waals surface area contributed by atoms with Crippen LogP contribution in [0.1, 0.15) is 17.0 Å². The molecule has 0 bridgehead atoms. The zero-order valence-electron chi connectivity index (χ0n) is 13.9. The van der Waals surface area contributed by atoms with E-state index < -0.39 is 10.0 Å². The Kier molecular flexibility index (Phi) is 4.71. The molecule has 2 aromatic heterocycles. The molecule has 0 radical (unpaired) electrons. The van der Waals surface area contributed by atoms with Crippen LogP contribution in [0.2, 0.25) is 0 Å². The summed E-state index contributed by atoms with van der Waals surface area (Å²) in [4.78, 5) is 4.14. The Morgan fingerprint density at radius 3 is 2.40 bits per heavy atom. The van der Waals surface area contributed by atoms with Gasteiger partial charge in [0.15, 0.2) is 10.7 Å². The number of nitrogens with zero attached hydrogens (tertiary/aromatic N) is 2. The minimum Gasteiger partial charge on any atom is -0.381 e. The van der Waals surface area contributed by atoms with Gasteiger partial charge in [0.25, 0.3) is 10.0 Å². The third-order valence-corrected chi connectivity index (χ3v) is 5.22. The predicted molar refractivity (Wildman–Crippen MR) is 94.8 cm³/mol. The molecule has 0 aliphatic rings. The first kappa shape index (κ1) is 17.0. The molecule has 130 valence electrons. The average molecular weight is 358 g/mol. The number of anilines is 2. The van der Waals surface area contributed by atoms with Crippen molar-refractivity contribution >= 4 is 21.4 Å². The van der Waals surface area contributed by atoms with Crippen molar-refractivity contribution < 1.29 is 12.9 Å². The third-order valence-electron chi connectivity index (χ3n) is 3.59. The Labute approximate surface area is 146 Å². The summed E-state index contributed by atoms with van der Waals surface area (Å²) in [5, 5.41) is 6.94. The fourth-order valence-corrected chi connectivity index (χ4v) is 3.82. The second-order valence-corrected chi connectivity index (χ2v) is 7.17. The van der Waals surface area contributed by atoms with Gasteiger partial charge in [-0.05, 0) is 49.7 Å². The van der Waals surface area contributed by atoms with E-state index in [1.165, 1.54) is 0 Å². The smallest absolute Gasteiger partial charge is 0.267 e. The molecule has 2 N–H and O–H groups in total. The van der Waals surface area contributed by atoms with Gasteiger partial charge in [0, 0.05) is 30.3 Å². The van der Waals surface area contributed by atoms with Gasteiger partial charge in [0.05, 0.1) is 0 Å². The number of aryl methyl sites for hydroxylation is 2. The van der Waals surface area contributed by atoms with E-state index in [9.17, 15) is 8.42 Å². The highest BCUT2D eigenvalue weighted by molar-refractivity contribution is 7.92. The topological polar surface area (TPSA) is 97.1 Å². The van der Waals surface area contributed by atoms with Gasteiger partial charge in [-0.15, -0.1) is 0 Å². The SMILES string of the molecule is Cc1noc(C)c1S(=O)(=O)Nc1ccc(NCc2cccnc2)cc1. The average Bonchev–Trinajstić information content (AvgIpc) is 2.94. The number of benzene rings is 1. The summed E-state index contributed by atoms with van der Waals surface area (Å²) in [5.41, 5.74) is 2.74. The maximum absolute atomic E-state index is 12.5. The van der Waals surface area contributed by atoms with Crippen LogP contribution in [0.4, 0.5) is 11.4 Å². The quantitative estimate of drug-likeness (QED) is 0.703. The van der Waals surface area contributed by atoms with Crippen molar-refractivity contribution in [1.29, 1.82) is 0 Å². The molecule has 25 heavy (non-hydrogen) atoms. The van der Waals surface area contributed by atoms with Gasteiger partial charge in [0.1, 0.15) is 5.69 Å². The second kappa shape index (κ2) is 6.94. The van der Waals surface area contributed by atoms with Gasteiger partial charge in [-0.1, -0.05) is 11.2 Å². The zero-order chi connectivity index (χ0) is 17.9. The molecule has 3 rings (SSSR count). The molecule has 2 heterocycles. The lowest BCUT2D eigenvalue weighted by Crippen LogP contribution is -2.14. The first-order valence-corrected chi connectivity index (χ1v) is 9.12. The van der Waals surface area contributed by atoms with Crippen molar-refractivity contribution in [2.45, 2.75) is 25.3 Å². The minimum atomic E-state index is -3.73. The minimum absolute atomic E-state index is 0.0753. The second-order valence-electron chi connectivity index (χ2n) is 5.55. The summed E-state index contributed by atoms with van der Waals surface area (Å²) in [6, 6.07) is 10.9. The molecule has 0 spiro atoms. The maximum atomic E-state index is 12.5. The highest BCUT2D eigenvalue weighted by atomic mass is 32.2. The van der Waals surface area contributed by atoms with Crippen molar-refractivity contribution in [2.75, 3.05) is 10.0 Å². The van der Waals surface area contributed by atoms with Crippen LogP contribution in [-0.4, -0.2) is 18.6 Å². The molecule has 0 fully saturated rings. The fraction of sp³-hybridized carbons (Fsp3) is 0.176. The molecule has 0 saturated heterocycles. The van der Waals surface area contributed by atoms with Crippen LogP contribution in [0, 0.1) is 13.8 Å². The lowest BCUT2D eigenvalue weighted by atomic mass is 10.2. The lowest BCUT2D eigenvalue weighted by molar-refractivity contribution is 0.390. The van der Waals surface area contributed by atoms with Crippen molar-refractivity contribution in [3.8, 4) is 0 Å². The standard InChI is InChI=1S/C17H18N4O3S/c1-12-17(13(2)24-20-12)25(22,23)21-16-7-5-15(6-8-16)19-11-14-4-3-9-18-10-14/h3-10,19,21H,11H2,1-2H3. The van der Waals surface area contributed by atoms with E-state index in [4.69, 9.17) is 4.52 Å². The van der Waals surface area contributed by atoms with E-state index in [0.29, 0.717) is 17.9 Å². The molecular weight excluding hydrogens is 340 g/mol. The van der Waals surface area contributed by atoms with Gasteiger partial charge in [-0.25, -0.2) is 8.42 Å². The van der Waals surface area contributed by atoms with Crippen LogP contribution in [0.15, 0.2) is 58.2 Å². The third kappa shape index (κ3) is 3.97. The molecular formula is C17H18N4O3S. The summed E-state index contributed by atoms with van der Waals surface area (Å²) in [6.45, 7) is 3.80. The van der Waals surface area contributed by atoms with E-state index in [2.05, 4.69) is 20.2 Å². The van der Waals surface area contributed by atoms with Gasteiger partial charge in [0.2, 0.25) is 0 Å². The van der Waals surface area contributed by atoms with E-state index in [1.807, 2.05) is 24.3 Å². The fourth-order valence-electron chi connectivity index (χ4n) is 2.43. The van der Waals surface area contributed by atoms with Crippen molar-refractivity contribution in [1.82, 2.24) is 10.1 Å². The van der Waals surface area contributed by atoms with Crippen LogP contribution in [0.25, 0.3) is 0 Å². The van der Waals surface area contributed by atoms with E-state index in [0.717, 1.165) is 11.3 Å². The summed E-state index contributed by atoms with van der Waals surface area (Å²) < 4.78 is 32.4. The Morgan fingerprint density at radius 1 is 1.08 bits per heavy atom. The molecule has 0 aliphatic heterocycles. The van der Waals surface area contributed by atoms with E-state index in [1.54, 1.807) is 38.4 Å². The number of hydrogen-bond donors (Lipinski definition) is 2. The number of aromatic nitrogens is 2. The molecule has 0 aliphatic carbocycles. The largest absolute Gasteiger partial charge is 0.381 e. The summed E-state index contributed by atoms with van der Waals surface area (Å²) in [6.07, 6.45) is 3.52. The molecule has 8 heteroatoms. The predicted octanol–water partition coefficient (Wildman–Crippen LogP) is 3.10. The van der Waals surface area contributed by atoms with Gasteiger partial charge in [-0.2, -0.15) is 0 Å². The van der Waals surface area contributed by atoms with Crippen LogP contribution in [0.5, 0.6) is 0 Å². The Balaban J connectivity index is 1.68. The molecule has 3 aromatic rings. The number of hydrogen-bond acceptors (Lipinski definition) is 6. The highest BCUT2D eigenvalue weighted by Gasteiger charge is 2.24. The number of rotatable bonds is 6. The molecule has 0 amide bonds. The van der Waals surface area contributed by atoms with Crippen LogP contribution in [-0.2, 0) is 16.6 Å². The number of pyridine rings is 1. The van der Waals surface area contributed by atoms with Crippen LogP contribution >= 0.6 is 0 Å². The highest BCUT2D eigenvalue weighted by Crippen LogP contribution is 2.23. The maximum Gasteiger partial charge on any atom is 0.267 e. The van der Waals surface area contributed by atoms with E-state index in [-0.39, 0.29) is 10.7 Å². The molecule has 0 atom stereocenters. The van der Waals surface area contributed by atoms with Crippen molar-refractivity contribution in [3.63, 3.8) is 0 Å². The van der Waals surface area contributed by atoms with Gasteiger partial charge < -0.3 is 9.84 Å². The summed E-state index contributed by atoms with van der Waals surface area (Å²) in [5.74, 6) is 0.264. The Morgan fingerprint density at radius 2 is 1.80 bits per heavy atom. The Hall–Kier alpha value is -2.87. The number of nitrogens with one attached hydrogen (secondary N) is 2. The van der Waals surface area contributed by atoms with E-state index >= 15 is 0 Å². The first-order valence-electron chi connectivity index (χ1n) is 7.64. The summed E-state index contributed by atoms with van der Waals surface area (Å²) in [7, 11) is -3.73. The molecule has 1 aromatic carbocycles. The summed E-state index contributed by atoms with van der Waals surface area (Å²) >= 11 is 0. The Bertz CT molecular complexity index is 932. The van der Waals surface area contributed by atoms with Crippen molar-refractivity contribution in [3.05, 3.63) is 65.8 Å².